The van der Waals surface area contributed by atoms with Crippen LogP contribution in [0.3, 0.4) is 0 Å². The minimum Gasteiger partial charge on any atom is -0.331 e. The summed E-state index contributed by atoms with van der Waals surface area (Å²) in [7, 11) is 0. The van der Waals surface area contributed by atoms with Gasteiger partial charge in [-0.25, -0.2) is 4.98 Å². The lowest BCUT2D eigenvalue weighted by molar-refractivity contribution is -0.105. The molecule has 1 aromatic heterocycles. The fraction of sp³-hybridized carbons (Fsp3) is 0. The number of hydrogen-bond donors (Lipinski definition) is 2. The fourth-order valence-corrected chi connectivity index (χ4v) is 0.400. The first-order valence-electron chi connectivity index (χ1n) is 2.13. The van der Waals surface area contributed by atoms with Crippen molar-refractivity contribution in [2.24, 2.45) is 0 Å². The molecular weight excluding hydrogens is 111 g/mol. The van der Waals surface area contributed by atoms with E-state index in [1.807, 2.05) is 0 Å². The number of rotatable bonds is 2. The van der Waals surface area contributed by atoms with E-state index in [2.05, 4.69) is 15.3 Å². The van der Waals surface area contributed by atoms with Crippen LogP contribution in [0.25, 0.3) is 0 Å². The van der Waals surface area contributed by atoms with Crippen LogP contribution in [0.1, 0.15) is 0 Å². The van der Waals surface area contributed by atoms with E-state index in [-0.39, 0.29) is 0 Å². The van der Waals surface area contributed by atoms with Gasteiger partial charge in [0.1, 0.15) is 0 Å². The van der Waals surface area contributed by atoms with Gasteiger partial charge in [-0.2, -0.15) is 0 Å². The zero-order valence-corrected chi connectivity index (χ0v) is 4.09. The Morgan fingerprint density at radius 2 is 2.75 bits per heavy atom. The van der Waals surface area contributed by atoms with Gasteiger partial charge in [-0.05, 0) is 0 Å². The molecule has 0 bridgehead atoms. The van der Waals surface area contributed by atoms with Crippen LogP contribution in [0, 0.1) is 0 Å². The van der Waals surface area contributed by atoms with Crippen molar-refractivity contribution in [3.05, 3.63) is 12.4 Å². The summed E-state index contributed by atoms with van der Waals surface area (Å²) >= 11 is 0. The van der Waals surface area contributed by atoms with Crippen molar-refractivity contribution in [1.29, 1.82) is 0 Å². The summed E-state index contributed by atoms with van der Waals surface area (Å²) in [5.41, 5.74) is 0. The maximum atomic E-state index is 9.70. The van der Waals surface area contributed by atoms with E-state index in [9.17, 15) is 4.79 Å². The molecule has 8 heavy (non-hydrogen) atoms. The van der Waals surface area contributed by atoms with E-state index >= 15 is 0 Å². The second kappa shape index (κ2) is 2.11. The van der Waals surface area contributed by atoms with Crippen molar-refractivity contribution >= 4 is 12.4 Å². The molecular formula is C4H5N3O. The molecule has 0 saturated carbocycles. The predicted molar refractivity (Wildman–Crippen MR) is 28.3 cm³/mol. The third kappa shape index (κ3) is 0.841. The van der Waals surface area contributed by atoms with Gasteiger partial charge in [0.15, 0.2) is 0 Å². The van der Waals surface area contributed by atoms with Gasteiger partial charge in [0.25, 0.3) is 0 Å². The average Bonchev–Trinajstić information content (AvgIpc) is 2.19. The van der Waals surface area contributed by atoms with Crippen molar-refractivity contribution in [2.75, 3.05) is 5.32 Å². The highest BCUT2D eigenvalue weighted by molar-refractivity contribution is 5.66. The molecule has 4 nitrogen and oxygen atoms in total. The van der Waals surface area contributed by atoms with Crippen LogP contribution in [0.2, 0.25) is 0 Å². The number of carbonyl (C=O) groups is 1. The summed E-state index contributed by atoms with van der Waals surface area (Å²) in [5.74, 6) is 0.472. The SMILES string of the molecule is O=[13CH][15NH][13c]1[15n]cc[15nH]1. The fourth-order valence-electron chi connectivity index (χ4n) is 0.400. The highest BCUT2D eigenvalue weighted by atomic mass is 16.3. The Labute approximate surface area is 45.9 Å². The summed E-state index contributed by atoms with van der Waals surface area (Å²) in [6.45, 7) is 0. The Balaban J connectivity index is 2.62. The zero-order chi connectivity index (χ0) is 5.82. The number of nitrogens with one attached hydrogen (secondary N) is 2. The third-order valence-corrected chi connectivity index (χ3v) is 0.694. The Morgan fingerprint density at radius 1 is 1.88 bits per heavy atom. The van der Waals surface area contributed by atoms with Crippen LogP contribution in [-0.4, -0.2) is 16.4 Å². The van der Waals surface area contributed by atoms with Crippen molar-refractivity contribution < 1.29 is 4.79 Å². The Bertz CT molecular complexity index is 158. The standard InChI is InChI=1S/C4H5N3O/c8-3-7-4-5-1-2-6-4/h1-3H,(H2,5,6,7,8)/i3+1,4+1,5+1,6+1,7+1. The topological polar surface area (TPSA) is 57.8 Å². The van der Waals surface area contributed by atoms with E-state index < -0.39 is 0 Å². The first kappa shape index (κ1) is 4.83. The molecule has 0 unspecified atom stereocenters. The van der Waals surface area contributed by atoms with Gasteiger partial charge in [-0.1, -0.05) is 0 Å². The quantitative estimate of drug-likeness (QED) is 0.324. The molecule has 0 fully saturated rings. The van der Waals surface area contributed by atoms with Gasteiger partial charge < -0.3 is 4.98 Å². The number of carbonyl (C=O) groups excluding carboxylic acids is 1. The second-order valence-electron chi connectivity index (χ2n) is 1.20. The van der Waals surface area contributed by atoms with Crippen LogP contribution >= 0.6 is 0 Å². The van der Waals surface area contributed by atoms with Crippen molar-refractivity contribution in [1.82, 2.24) is 9.97 Å². The Hall–Kier alpha value is -1.32. The molecule has 2 N–H and O–H groups in total. The number of aromatic amines is 1. The Kier molecular flexibility index (Phi) is 1.27. The smallest absolute Gasteiger partial charge is 0.213 e. The lowest BCUT2D eigenvalue weighted by atomic mass is 11.0. The normalized spacial score (nSPS) is 8.50. The van der Waals surface area contributed by atoms with E-state index in [0.717, 1.165) is 0 Å². The molecule has 1 aromatic rings. The van der Waals surface area contributed by atoms with Crippen LogP contribution in [0.5, 0.6) is 0 Å². The van der Waals surface area contributed by atoms with Crippen LogP contribution in [-0.2, 0) is 4.79 Å². The predicted octanol–water partition coefficient (Wildman–Crippen LogP) is -0.0220. The molecule has 1 amide bonds. The van der Waals surface area contributed by atoms with Gasteiger partial charge in [-0.3, -0.25) is 10.1 Å². The molecule has 0 aliphatic heterocycles. The number of H-pyrrole nitrogens is 1. The lowest BCUT2D eigenvalue weighted by Crippen LogP contribution is -1.94. The van der Waals surface area contributed by atoms with Gasteiger partial charge in [-0.15, -0.1) is 0 Å². The highest BCUT2D eigenvalue weighted by Gasteiger charge is 1.84. The van der Waals surface area contributed by atoms with E-state index in [4.69, 9.17) is 0 Å². The van der Waals surface area contributed by atoms with E-state index in [0.29, 0.717) is 12.4 Å². The average molecular weight is 116 g/mol. The first-order chi connectivity index (χ1) is 3.93. The van der Waals surface area contributed by atoms with Crippen LogP contribution < -0.4 is 5.32 Å². The highest BCUT2D eigenvalue weighted by Crippen LogP contribution is 1.89. The molecule has 0 spiro atoms. The molecule has 0 aliphatic rings. The van der Waals surface area contributed by atoms with Crippen molar-refractivity contribution in [3.63, 3.8) is 0 Å². The molecule has 1 rings (SSSR count). The van der Waals surface area contributed by atoms with Gasteiger partial charge in [0, 0.05) is 12.4 Å². The summed E-state index contributed by atoms with van der Waals surface area (Å²) in [6, 6.07) is 0. The van der Waals surface area contributed by atoms with E-state index in [1.54, 1.807) is 12.4 Å². The van der Waals surface area contributed by atoms with Gasteiger partial charge >= 0.3 is 0 Å². The molecule has 0 aromatic carbocycles. The van der Waals surface area contributed by atoms with Crippen LogP contribution in [0.15, 0.2) is 12.4 Å². The maximum Gasteiger partial charge on any atom is 0.213 e. The van der Waals surface area contributed by atoms with Crippen LogP contribution in [0.4, 0.5) is 5.95 Å². The number of amides is 1. The van der Waals surface area contributed by atoms with Crippen molar-refractivity contribution in [3.8, 4) is 0 Å². The molecule has 0 aliphatic carbocycles. The van der Waals surface area contributed by atoms with E-state index in [1.165, 1.54) is 0 Å². The molecule has 0 atom stereocenters. The number of nitrogens with zero attached hydrogens (tertiary/aromatic N) is 1. The van der Waals surface area contributed by atoms with Crippen molar-refractivity contribution in [2.45, 2.75) is 0 Å². The Morgan fingerprint density at radius 3 is 3.25 bits per heavy atom. The van der Waals surface area contributed by atoms with Gasteiger partial charge in [0.2, 0.25) is 12.4 Å². The second-order valence-corrected chi connectivity index (χ2v) is 1.20. The number of hydrogen-bond acceptors (Lipinski definition) is 2. The summed E-state index contributed by atoms with van der Waals surface area (Å²) in [6.07, 6.45) is 3.76. The first-order valence-corrected chi connectivity index (χ1v) is 2.13. The maximum absolute atomic E-state index is 9.70. The number of aromatic nitrogens is 2. The molecule has 42 valence electrons. The molecule has 0 radical (unpaired) electrons. The molecule has 1 heterocycles. The summed E-state index contributed by atoms with van der Waals surface area (Å²) < 4.78 is 0. The summed E-state index contributed by atoms with van der Waals surface area (Å²) in [4.78, 5) is 16.1. The minimum absolute atomic E-state index is 0.472. The number of anilines is 1. The van der Waals surface area contributed by atoms with Gasteiger partial charge in [0.05, 0.1) is 0 Å². The summed E-state index contributed by atoms with van der Waals surface area (Å²) in [5, 5.41) is 2.34. The monoisotopic (exact) mass is 116 g/mol. The minimum atomic E-state index is 0.472. The zero-order valence-electron chi connectivity index (χ0n) is 4.09. The number of imidazole rings is 1. The molecule has 4 heteroatoms. The third-order valence-electron chi connectivity index (χ3n) is 0.694. The largest absolute Gasteiger partial charge is 0.331 e. The lowest BCUT2D eigenvalue weighted by Gasteiger charge is -1.84. The molecule has 0 saturated heterocycles.